The molecule has 0 aromatic rings. The molecule has 0 aliphatic carbocycles. The topological polar surface area (TPSA) is 47.7 Å². The molecular weight excluding hydrogens is 192 g/mol. The maximum Gasteiger partial charge on any atom is 0.0709 e. The third kappa shape index (κ3) is 4.47. The van der Waals surface area contributed by atoms with Gasteiger partial charge in [-0.15, -0.1) is 0 Å². The van der Waals surface area contributed by atoms with E-state index in [1.54, 1.807) is 0 Å². The van der Waals surface area contributed by atoms with Gasteiger partial charge >= 0.3 is 0 Å². The lowest BCUT2D eigenvalue weighted by atomic mass is 10.2. The molecule has 0 aromatic carbocycles. The number of rotatable bonds is 6. The zero-order valence-electron chi connectivity index (χ0n) is 9.95. The standard InChI is InChI=1S/C11H24N2O2/c1-3-15-11(8-12)4-5-13-6-7-14-9-10(13)2/h10-11H,3-9,12H2,1-2H3. The first kappa shape index (κ1) is 12.9. The number of nitrogens with zero attached hydrogens (tertiary/aromatic N) is 1. The van der Waals surface area contributed by atoms with Crippen LogP contribution >= 0.6 is 0 Å². The minimum absolute atomic E-state index is 0.213. The Morgan fingerprint density at radius 2 is 2.40 bits per heavy atom. The average Bonchev–Trinajstić information content (AvgIpc) is 2.26. The van der Waals surface area contributed by atoms with E-state index < -0.39 is 0 Å². The van der Waals surface area contributed by atoms with Gasteiger partial charge in [0.2, 0.25) is 0 Å². The molecule has 4 nitrogen and oxygen atoms in total. The highest BCUT2D eigenvalue weighted by Gasteiger charge is 2.19. The van der Waals surface area contributed by atoms with Crippen LogP contribution in [0.5, 0.6) is 0 Å². The van der Waals surface area contributed by atoms with Gasteiger partial charge in [-0.2, -0.15) is 0 Å². The van der Waals surface area contributed by atoms with Gasteiger partial charge in [0.1, 0.15) is 0 Å². The lowest BCUT2D eigenvalue weighted by Crippen LogP contribution is -2.45. The van der Waals surface area contributed by atoms with Gasteiger partial charge in [0.05, 0.1) is 19.3 Å². The van der Waals surface area contributed by atoms with E-state index in [-0.39, 0.29) is 6.10 Å². The van der Waals surface area contributed by atoms with Crippen molar-refractivity contribution in [3.8, 4) is 0 Å². The first-order valence-electron chi connectivity index (χ1n) is 5.91. The summed E-state index contributed by atoms with van der Waals surface area (Å²) < 4.78 is 10.9. The van der Waals surface area contributed by atoms with Crippen molar-refractivity contribution in [1.82, 2.24) is 4.90 Å². The Kier molecular flexibility index (Phi) is 6.17. The Balaban J connectivity index is 2.21. The van der Waals surface area contributed by atoms with Gasteiger partial charge in [0, 0.05) is 32.3 Å². The van der Waals surface area contributed by atoms with E-state index in [1.807, 2.05) is 6.92 Å². The second-order valence-electron chi connectivity index (χ2n) is 4.06. The monoisotopic (exact) mass is 216 g/mol. The summed E-state index contributed by atoms with van der Waals surface area (Å²) >= 11 is 0. The quantitative estimate of drug-likeness (QED) is 0.701. The van der Waals surface area contributed by atoms with Crippen LogP contribution in [-0.4, -0.2) is 56.5 Å². The maximum absolute atomic E-state index is 5.64. The fraction of sp³-hybridized carbons (Fsp3) is 1.00. The Morgan fingerprint density at radius 3 is 3.00 bits per heavy atom. The Bertz CT molecular complexity index is 167. The molecule has 1 rings (SSSR count). The molecule has 0 amide bonds. The molecule has 0 bridgehead atoms. The molecule has 0 saturated carbocycles. The molecule has 15 heavy (non-hydrogen) atoms. The van der Waals surface area contributed by atoms with Gasteiger partial charge in [-0.05, 0) is 20.3 Å². The lowest BCUT2D eigenvalue weighted by Gasteiger charge is -2.34. The van der Waals surface area contributed by atoms with Crippen LogP contribution in [0.1, 0.15) is 20.3 Å². The number of ether oxygens (including phenoxy) is 2. The fourth-order valence-corrected chi connectivity index (χ4v) is 1.91. The zero-order chi connectivity index (χ0) is 11.1. The normalized spacial score (nSPS) is 25.4. The van der Waals surface area contributed by atoms with Crippen molar-refractivity contribution in [2.45, 2.75) is 32.4 Å². The second-order valence-corrected chi connectivity index (χ2v) is 4.06. The van der Waals surface area contributed by atoms with E-state index in [4.69, 9.17) is 15.2 Å². The summed E-state index contributed by atoms with van der Waals surface area (Å²) in [5.74, 6) is 0. The summed E-state index contributed by atoms with van der Waals surface area (Å²) in [4.78, 5) is 2.45. The van der Waals surface area contributed by atoms with Gasteiger partial charge in [0.15, 0.2) is 0 Å². The van der Waals surface area contributed by atoms with Crippen LogP contribution < -0.4 is 5.73 Å². The molecule has 1 heterocycles. The molecule has 0 spiro atoms. The minimum Gasteiger partial charge on any atom is -0.379 e. The molecule has 1 aliphatic rings. The zero-order valence-corrected chi connectivity index (χ0v) is 9.95. The SMILES string of the molecule is CCOC(CN)CCN1CCOCC1C. The van der Waals surface area contributed by atoms with Crippen molar-refractivity contribution in [3.05, 3.63) is 0 Å². The molecule has 1 aliphatic heterocycles. The van der Waals surface area contributed by atoms with E-state index >= 15 is 0 Å². The average molecular weight is 216 g/mol. The van der Waals surface area contributed by atoms with Crippen LogP contribution in [-0.2, 0) is 9.47 Å². The summed E-state index contributed by atoms with van der Waals surface area (Å²) in [6.07, 6.45) is 1.24. The highest BCUT2D eigenvalue weighted by molar-refractivity contribution is 4.72. The summed E-state index contributed by atoms with van der Waals surface area (Å²) in [6, 6.07) is 0.527. The molecule has 0 radical (unpaired) electrons. The van der Waals surface area contributed by atoms with Crippen LogP contribution in [0.3, 0.4) is 0 Å². The van der Waals surface area contributed by atoms with Crippen molar-refractivity contribution in [2.75, 3.05) is 39.5 Å². The van der Waals surface area contributed by atoms with Crippen LogP contribution in [0, 0.1) is 0 Å². The number of hydrogen-bond donors (Lipinski definition) is 1. The van der Waals surface area contributed by atoms with Crippen molar-refractivity contribution < 1.29 is 9.47 Å². The van der Waals surface area contributed by atoms with Gasteiger partial charge in [-0.1, -0.05) is 0 Å². The van der Waals surface area contributed by atoms with Crippen LogP contribution in [0.25, 0.3) is 0 Å². The summed E-state index contributed by atoms with van der Waals surface area (Å²) in [5.41, 5.74) is 5.64. The molecule has 2 unspecified atom stereocenters. The van der Waals surface area contributed by atoms with Gasteiger partial charge in [-0.25, -0.2) is 0 Å². The molecule has 2 atom stereocenters. The third-order valence-electron chi connectivity index (χ3n) is 2.91. The minimum atomic E-state index is 0.213. The lowest BCUT2D eigenvalue weighted by molar-refractivity contribution is -0.0120. The molecule has 0 aromatic heterocycles. The number of morpholine rings is 1. The van der Waals surface area contributed by atoms with E-state index in [0.717, 1.165) is 39.3 Å². The molecule has 1 fully saturated rings. The van der Waals surface area contributed by atoms with Gasteiger partial charge < -0.3 is 15.2 Å². The Hall–Kier alpha value is -0.160. The first-order valence-corrected chi connectivity index (χ1v) is 5.91. The molecule has 2 N–H and O–H groups in total. The van der Waals surface area contributed by atoms with Crippen molar-refractivity contribution >= 4 is 0 Å². The fourth-order valence-electron chi connectivity index (χ4n) is 1.91. The molecule has 1 saturated heterocycles. The molecule has 90 valence electrons. The Labute approximate surface area is 92.7 Å². The number of hydrogen-bond acceptors (Lipinski definition) is 4. The predicted octanol–water partition coefficient (Wildman–Crippen LogP) is 0.461. The number of nitrogens with two attached hydrogens (primary N) is 1. The predicted molar refractivity (Wildman–Crippen MR) is 60.9 cm³/mol. The highest BCUT2D eigenvalue weighted by atomic mass is 16.5. The second kappa shape index (κ2) is 7.17. The third-order valence-corrected chi connectivity index (χ3v) is 2.91. The van der Waals surface area contributed by atoms with E-state index in [2.05, 4.69) is 11.8 Å². The maximum atomic E-state index is 5.64. The summed E-state index contributed by atoms with van der Waals surface area (Å²) in [6.45, 7) is 9.38. The van der Waals surface area contributed by atoms with Crippen LogP contribution in [0.2, 0.25) is 0 Å². The largest absolute Gasteiger partial charge is 0.379 e. The van der Waals surface area contributed by atoms with Gasteiger partial charge in [-0.3, -0.25) is 4.90 Å². The molecule has 4 heteroatoms. The highest BCUT2D eigenvalue weighted by Crippen LogP contribution is 2.08. The van der Waals surface area contributed by atoms with E-state index in [1.165, 1.54) is 0 Å². The van der Waals surface area contributed by atoms with Gasteiger partial charge in [0.25, 0.3) is 0 Å². The van der Waals surface area contributed by atoms with E-state index in [0.29, 0.717) is 12.6 Å². The van der Waals surface area contributed by atoms with Crippen molar-refractivity contribution in [3.63, 3.8) is 0 Å². The smallest absolute Gasteiger partial charge is 0.0709 e. The van der Waals surface area contributed by atoms with E-state index in [9.17, 15) is 0 Å². The molecular formula is C11H24N2O2. The first-order chi connectivity index (χ1) is 7.27. The summed E-state index contributed by atoms with van der Waals surface area (Å²) in [7, 11) is 0. The summed E-state index contributed by atoms with van der Waals surface area (Å²) in [5, 5.41) is 0. The van der Waals surface area contributed by atoms with Crippen molar-refractivity contribution in [1.29, 1.82) is 0 Å². The van der Waals surface area contributed by atoms with Crippen molar-refractivity contribution in [2.24, 2.45) is 5.73 Å². The van der Waals surface area contributed by atoms with Crippen LogP contribution in [0.4, 0.5) is 0 Å². The van der Waals surface area contributed by atoms with Crippen LogP contribution in [0.15, 0.2) is 0 Å². The Morgan fingerprint density at radius 1 is 1.60 bits per heavy atom.